The highest BCUT2D eigenvalue weighted by Gasteiger charge is 2.45. The van der Waals surface area contributed by atoms with Crippen molar-refractivity contribution >= 4 is 11.9 Å². The Morgan fingerprint density at radius 3 is 2.55 bits per heavy atom. The van der Waals surface area contributed by atoms with Gasteiger partial charge in [-0.15, -0.1) is 0 Å². The van der Waals surface area contributed by atoms with E-state index in [4.69, 9.17) is 4.74 Å². The van der Waals surface area contributed by atoms with E-state index in [2.05, 4.69) is 18.7 Å². The summed E-state index contributed by atoms with van der Waals surface area (Å²) in [7, 11) is 0. The van der Waals surface area contributed by atoms with Gasteiger partial charge in [0.05, 0.1) is 6.54 Å². The molecule has 3 aliphatic heterocycles. The molecule has 3 saturated heterocycles. The molecule has 3 heterocycles. The van der Waals surface area contributed by atoms with Crippen molar-refractivity contribution < 1.29 is 14.3 Å². The first kappa shape index (κ1) is 15.8. The van der Waals surface area contributed by atoms with Crippen LogP contribution >= 0.6 is 0 Å². The van der Waals surface area contributed by atoms with E-state index in [0.29, 0.717) is 19.0 Å². The van der Waals surface area contributed by atoms with Crippen molar-refractivity contribution in [2.24, 2.45) is 5.92 Å². The van der Waals surface area contributed by atoms with Gasteiger partial charge in [0.2, 0.25) is 5.91 Å². The van der Waals surface area contributed by atoms with E-state index in [-0.39, 0.29) is 23.4 Å². The fraction of sp³-hybridized carbons (Fsp3) is 0.882. The number of carbonyl (C=O) groups excluding carboxylic acids is 2. The molecule has 3 fully saturated rings. The second-order valence-corrected chi connectivity index (χ2v) is 7.42. The van der Waals surface area contributed by atoms with Crippen molar-refractivity contribution in [2.75, 3.05) is 26.2 Å². The Hall–Kier alpha value is -1.10. The van der Waals surface area contributed by atoms with Gasteiger partial charge in [0.15, 0.2) is 0 Å². The molecule has 3 rings (SSSR count). The third-order valence-corrected chi connectivity index (χ3v) is 5.58. The molecule has 0 unspecified atom stereocenters. The van der Waals surface area contributed by atoms with Crippen molar-refractivity contribution in [3.05, 3.63) is 0 Å². The molecule has 0 radical (unpaired) electrons. The lowest BCUT2D eigenvalue weighted by molar-refractivity contribution is -0.158. The van der Waals surface area contributed by atoms with Gasteiger partial charge >= 0.3 is 5.97 Å². The summed E-state index contributed by atoms with van der Waals surface area (Å²) in [6.07, 6.45) is 5.06. The molecule has 0 aromatic rings. The van der Waals surface area contributed by atoms with E-state index < -0.39 is 0 Å². The largest absolute Gasteiger partial charge is 0.457 e. The predicted octanol–water partition coefficient (Wildman–Crippen LogP) is 1.80. The van der Waals surface area contributed by atoms with Crippen LogP contribution in [0.3, 0.4) is 0 Å². The van der Waals surface area contributed by atoms with E-state index in [9.17, 15) is 9.59 Å². The summed E-state index contributed by atoms with van der Waals surface area (Å²) in [5.74, 6) is 0.340. The van der Waals surface area contributed by atoms with E-state index in [0.717, 1.165) is 51.7 Å². The third-order valence-electron chi connectivity index (χ3n) is 5.58. The van der Waals surface area contributed by atoms with Gasteiger partial charge < -0.3 is 14.5 Å². The van der Waals surface area contributed by atoms with Crippen molar-refractivity contribution in [3.63, 3.8) is 0 Å². The maximum Gasteiger partial charge on any atom is 0.306 e. The lowest BCUT2D eigenvalue weighted by atomic mass is 9.88. The van der Waals surface area contributed by atoms with E-state index in [1.807, 2.05) is 4.90 Å². The fourth-order valence-electron chi connectivity index (χ4n) is 4.17. The molecule has 5 heteroatoms. The van der Waals surface area contributed by atoms with Crippen LogP contribution in [0.25, 0.3) is 0 Å². The molecule has 0 N–H and O–H groups in total. The molecular formula is C17H28N2O3. The summed E-state index contributed by atoms with van der Waals surface area (Å²) in [4.78, 5) is 28.7. The molecule has 0 aromatic carbocycles. The minimum Gasteiger partial charge on any atom is -0.457 e. The van der Waals surface area contributed by atoms with Crippen LogP contribution < -0.4 is 0 Å². The van der Waals surface area contributed by atoms with E-state index in [1.165, 1.54) is 0 Å². The van der Waals surface area contributed by atoms with Crippen LogP contribution in [-0.2, 0) is 14.3 Å². The zero-order valence-corrected chi connectivity index (χ0v) is 13.8. The van der Waals surface area contributed by atoms with Crippen molar-refractivity contribution in [2.45, 2.75) is 64.0 Å². The Morgan fingerprint density at radius 1 is 1.23 bits per heavy atom. The van der Waals surface area contributed by atoms with Gasteiger partial charge in [0, 0.05) is 24.9 Å². The van der Waals surface area contributed by atoms with Gasteiger partial charge in [0.1, 0.15) is 5.60 Å². The quantitative estimate of drug-likeness (QED) is 0.730. The second-order valence-electron chi connectivity index (χ2n) is 7.42. The van der Waals surface area contributed by atoms with Crippen LogP contribution in [0.1, 0.15) is 52.4 Å². The van der Waals surface area contributed by atoms with Crippen LogP contribution in [0.15, 0.2) is 0 Å². The minimum atomic E-state index is -0.371. The number of hydrogen-bond acceptors (Lipinski definition) is 4. The molecule has 3 aliphatic rings. The van der Waals surface area contributed by atoms with Gasteiger partial charge in [0.25, 0.3) is 0 Å². The van der Waals surface area contributed by atoms with Gasteiger partial charge in [-0.3, -0.25) is 9.59 Å². The summed E-state index contributed by atoms with van der Waals surface area (Å²) in [6, 6.07) is 0.562. The lowest BCUT2D eigenvalue weighted by Crippen LogP contribution is -2.53. The standard InChI is InChI=1S/C17H28N2O3/c1-13(2)18-10-5-14(6-11-18)16(21)19-9-3-7-17(12-19)8-4-15(20)22-17/h13-14H,3-12H2,1-2H3/t17-/m1/s1. The molecular weight excluding hydrogens is 280 g/mol. The number of hydrogen-bond donors (Lipinski definition) is 0. The zero-order valence-electron chi connectivity index (χ0n) is 13.8. The highest BCUT2D eigenvalue weighted by molar-refractivity contribution is 5.79. The molecule has 0 aliphatic carbocycles. The first-order chi connectivity index (χ1) is 10.5. The molecule has 0 aromatic heterocycles. The average molecular weight is 308 g/mol. The minimum absolute atomic E-state index is 0.0976. The average Bonchev–Trinajstić information content (AvgIpc) is 2.87. The summed E-state index contributed by atoms with van der Waals surface area (Å²) in [5, 5.41) is 0. The molecule has 124 valence electrons. The number of likely N-dealkylation sites (tertiary alicyclic amines) is 2. The normalized spacial score (nSPS) is 31.0. The Morgan fingerprint density at radius 2 is 1.95 bits per heavy atom. The first-order valence-electron chi connectivity index (χ1n) is 8.74. The number of rotatable bonds is 2. The van der Waals surface area contributed by atoms with E-state index in [1.54, 1.807) is 0 Å². The smallest absolute Gasteiger partial charge is 0.306 e. The topological polar surface area (TPSA) is 49.9 Å². The van der Waals surface area contributed by atoms with Gasteiger partial charge in [-0.1, -0.05) is 0 Å². The predicted molar refractivity (Wildman–Crippen MR) is 83.3 cm³/mol. The number of carbonyl (C=O) groups is 2. The maximum absolute atomic E-state index is 12.8. The van der Waals surface area contributed by atoms with Crippen molar-refractivity contribution in [3.8, 4) is 0 Å². The Bertz CT molecular complexity index is 443. The van der Waals surface area contributed by atoms with Crippen LogP contribution in [-0.4, -0.2) is 59.5 Å². The number of esters is 1. The van der Waals surface area contributed by atoms with Gasteiger partial charge in [-0.05, 0) is 59.0 Å². The summed E-state index contributed by atoms with van der Waals surface area (Å²) >= 11 is 0. The summed E-state index contributed by atoms with van der Waals surface area (Å²) in [5.41, 5.74) is -0.371. The monoisotopic (exact) mass is 308 g/mol. The van der Waals surface area contributed by atoms with Crippen LogP contribution in [0.2, 0.25) is 0 Å². The zero-order chi connectivity index (χ0) is 15.7. The molecule has 1 amide bonds. The van der Waals surface area contributed by atoms with Crippen molar-refractivity contribution in [1.29, 1.82) is 0 Å². The summed E-state index contributed by atoms with van der Waals surface area (Å²) in [6.45, 7) is 7.89. The number of amides is 1. The lowest BCUT2D eigenvalue weighted by Gasteiger charge is -2.42. The van der Waals surface area contributed by atoms with E-state index >= 15 is 0 Å². The van der Waals surface area contributed by atoms with Crippen LogP contribution in [0, 0.1) is 5.92 Å². The summed E-state index contributed by atoms with van der Waals surface area (Å²) < 4.78 is 5.56. The molecule has 5 nitrogen and oxygen atoms in total. The Balaban J connectivity index is 1.57. The van der Waals surface area contributed by atoms with Gasteiger partial charge in [-0.2, -0.15) is 0 Å². The first-order valence-corrected chi connectivity index (χ1v) is 8.74. The van der Waals surface area contributed by atoms with Crippen molar-refractivity contribution in [1.82, 2.24) is 9.80 Å². The number of ether oxygens (including phenoxy) is 1. The van der Waals surface area contributed by atoms with Crippen LogP contribution in [0.5, 0.6) is 0 Å². The molecule has 0 bridgehead atoms. The second kappa shape index (κ2) is 6.19. The number of piperidine rings is 2. The SMILES string of the molecule is CC(C)N1CCC(C(=O)N2CCC[C@@]3(CCC(=O)O3)C2)CC1. The van der Waals surface area contributed by atoms with Crippen LogP contribution in [0.4, 0.5) is 0 Å². The highest BCUT2D eigenvalue weighted by atomic mass is 16.6. The molecule has 1 spiro atoms. The Kier molecular flexibility index (Phi) is 4.44. The molecule has 22 heavy (non-hydrogen) atoms. The Labute approximate surface area is 133 Å². The number of nitrogens with zero attached hydrogens (tertiary/aromatic N) is 2. The van der Waals surface area contributed by atoms with Gasteiger partial charge in [-0.25, -0.2) is 0 Å². The molecule has 1 atom stereocenters. The molecule has 0 saturated carbocycles. The highest BCUT2D eigenvalue weighted by Crippen LogP contribution is 2.36. The fourth-order valence-corrected chi connectivity index (χ4v) is 4.17. The maximum atomic E-state index is 12.8. The third kappa shape index (κ3) is 3.14.